The molecule has 0 radical (unpaired) electrons. The van der Waals surface area contributed by atoms with E-state index in [1.807, 2.05) is 12.1 Å². The average molecular weight is 457 g/mol. The fourth-order valence-electron chi connectivity index (χ4n) is 2.16. The van der Waals surface area contributed by atoms with Crippen LogP contribution in [0.4, 0.5) is 0 Å². The molecule has 1 heterocycles. The molecule has 2 nitrogen and oxygen atoms in total. The molecule has 0 amide bonds. The summed E-state index contributed by atoms with van der Waals surface area (Å²) in [5.74, 6) is 0.880. The molecule has 0 bridgehead atoms. The number of hydrogen-bond acceptors (Lipinski definition) is 2. The molecule has 1 fully saturated rings. The monoisotopic (exact) mass is 454 g/mol. The maximum atomic E-state index is 5.84. The molecule has 106 valence electrons. The molecule has 0 saturated carbocycles. The number of rotatable bonds is 6. The summed E-state index contributed by atoms with van der Waals surface area (Å²) in [5, 5.41) is 0. The molecule has 1 aromatic carbocycles. The maximum Gasteiger partial charge on any atom is 0.134 e. The Kier molecular flexibility index (Phi) is 5.76. The van der Waals surface area contributed by atoms with Crippen LogP contribution in [0.5, 0.6) is 5.75 Å². The van der Waals surface area contributed by atoms with Gasteiger partial charge in [0, 0.05) is 14.4 Å². The maximum absolute atomic E-state index is 5.84. The average Bonchev–Trinajstić information content (AvgIpc) is 2.37. The van der Waals surface area contributed by atoms with E-state index < -0.39 is 0 Å². The molecule has 0 aromatic heterocycles. The molecule has 0 unspecified atom stereocenters. The zero-order chi connectivity index (χ0) is 13.9. The largest absolute Gasteiger partial charge is 0.492 e. The van der Waals surface area contributed by atoms with Crippen molar-refractivity contribution in [1.82, 2.24) is 0 Å². The SMILES string of the molecule is CCC1(CCCOc2ccc(Br)c(Br)c2Br)COC1. The number of ether oxygens (including phenoxy) is 2. The van der Waals surface area contributed by atoms with Gasteiger partial charge < -0.3 is 9.47 Å². The predicted molar refractivity (Wildman–Crippen MR) is 87.8 cm³/mol. The topological polar surface area (TPSA) is 18.5 Å². The fourth-order valence-corrected chi connectivity index (χ4v) is 3.55. The van der Waals surface area contributed by atoms with Gasteiger partial charge in [0.15, 0.2) is 0 Å². The highest BCUT2D eigenvalue weighted by Crippen LogP contribution is 2.39. The van der Waals surface area contributed by atoms with E-state index in [1.165, 1.54) is 12.8 Å². The Bertz CT molecular complexity index is 439. The van der Waals surface area contributed by atoms with Gasteiger partial charge in [-0.25, -0.2) is 0 Å². The van der Waals surface area contributed by atoms with E-state index in [1.54, 1.807) is 0 Å². The second kappa shape index (κ2) is 6.92. The Morgan fingerprint density at radius 2 is 1.95 bits per heavy atom. The van der Waals surface area contributed by atoms with E-state index in [0.717, 1.165) is 45.4 Å². The van der Waals surface area contributed by atoms with Crippen molar-refractivity contribution in [3.8, 4) is 5.75 Å². The second-order valence-corrected chi connectivity index (χ2v) is 7.41. The standard InChI is InChI=1S/C14H17Br3O2/c1-2-14(8-18-9-14)6-3-7-19-11-5-4-10(15)12(16)13(11)17/h4-5H,2-3,6-9H2,1H3. The van der Waals surface area contributed by atoms with Crippen LogP contribution in [0.2, 0.25) is 0 Å². The van der Waals surface area contributed by atoms with E-state index in [2.05, 4.69) is 54.7 Å². The summed E-state index contributed by atoms with van der Waals surface area (Å²) in [6, 6.07) is 3.96. The van der Waals surface area contributed by atoms with Crippen LogP contribution in [-0.2, 0) is 4.74 Å². The lowest BCUT2D eigenvalue weighted by Gasteiger charge is -2.41. The van der Waals surface area contributed by atoms with Gasteiger partial charge in [0.25, 0.3) is 0 Å². The van der Waals surface area contributed by atoms with Gasteiger partial charge >= 0.3 is 0 Å². The van der Waals surface area contributed by atoms with E-state index >= 15 is 0 Å². The predicted octanol–water partition coefficient (Wildman–Crippen LogP) is 5.56. The first-order chi connectivity index (χ1) is 9.08. The first-order valence-corrected chi connectivity index (χ1v) is 8.80. The zero-order valence-electron chi connectivity index (χ0n) is 10.8. The highest BCUT2D eigenvalue weighted by Gasteiger charge is 2.35. The molecule has 0 N–H and O–H groups in total. The third-order valence-electron chi connectivity index (χ3n) is 3.68. The van der Waals surface area contributed by atoms with Gasteiger partial charge in [-0.1, -0.05) is 6.92 Å². The third-order valence-corrected chi connectivity index (χ3v) is 7.01. The Hall–Kier alpha value is 0.420. The summed E-state index contributed by atoms with van der Waals surface area (Å²) in [6.07, 6.45) is 3.44. The van der Waals surface area contributed by atoms with Crippen molar-refractivity contribution >= 4 is 47.8 Å². The normalized spacial score (nSPS) is 17.1. The molecule has 1 aliphatic rings. The van der Waals surface area contributed by atoms with Gasteiger partial charge in [-0.2, -0.15) is 0 Å². The molecule has 5 heteroatoms. The Morgan fingerprint density at radius 1 is 1.21 bits per heavy atom. The summed E-state index contributed by atoms with van der Waals surface area (Å²) in [7, 11) is 0. The summed E-state index contributed by atoms with van der Waals surface area (Å²) in [6.45, 7) is 4.81. The van der Waals surface area contributed by atoms with E-state index in [4.69, 9.17) is 9.47 Å². The van der Waals surface area contributed by atoms with Crippen molar-refractivity contribution in [2.45, 2.75) is 26.2 Å². The molecular weight excluding hydrogens is 440 g/mol. The molecule has 1 saturated heterocycles. The zero-order valence-corrected chi connectivity index (χ0v) is 15.6. The fraction of sp³-hybridized carbons (Fsp3) is 0.571. The van der Waals surface area contributed by atoms with Crippen LogP contribution in [0, 0.1) is 5.41 Å². The lowest BCUT2D eigenvalue weighted by Crippen LogP contribution is -2.42. The van der Waals surface area contributed by atoms with Crippen LogP contribution < -0.4 is 4.74 Å². The molecule has 1 aliphatic heterocycles. The van der Waals surface area contributed by atoms with Gasteiger partial charge in [0.1, 0.15) is 5.75 Å². The van der Waals surface area contributed by atoms with Gasteiger partial charge in [-0.05, 0) is 79.2 Å². The molecule has 2 rings (SSSR count). The van der Waals surface area contributed by atoms with Crippen molar-refractivity contribution < 1.29 is 9.47 Å². The molecule has 1 aromatic rings. The van der Waals surface area contributed by atoms with Crippen molar-refractivity contribution in [2.24, 2.45) is 5.41 Å². The minimum absolute atomic E-state index is 0.418. The summed E-state index contributed by atoms with van der Waals surface area (Å²) < 4.78 is 14.1. The molecule has 0 spiro atoms. The molecule has 0 aliphatic carbocycles. The van der Waals surface area contributed by atoms with Gasteiger partial charge in [-0.15, -0.1) is 0 Å². The summed E-state index contributed by atoms with van der Waals surface area (Å²) in [4.78, 5) is 0. The first kappa shape index (κ1) is 15.8. The molecule has 19 heavy (non-hydrogen) atoms. The highest BCUT2D eigenvalue weighted by molar-refractivity contribution is 9.14. The smallest absolute Gasteiger partial charge is 0.134 e. The van der Waals surface area contributed by atoms with Gasteiger partial charge in [0.05, 0.1) is 24.3 Å². The van der Waals surface area contributed by atoms with Gasteiger partial charge in [0.2, 0.25) is 0 Å². The van der Waals surface area contributed by atoms with Crippen LogP contribution in [0.1, 0.15) is 26.2 Å². The van der Waals surface area contributed by atoms with Gasteiger partial charge in [-0.3, -0.25) is 0 Å². The van der Waals surface area contributed by atoms with Crippen LogP contribution in [0.3, 0.4) is 0 Å². The van der Waals surface area contributed by atoms with Crippen LogP contribution in [0.25, 0.3) is 0 Å². The van der Waals surface area contributed by atoms with E-state index in [0.29, 0.717) is 5.41 Å². The third kappa shape index (κ3) is 3.74. The highest BCUT2D eigenvalue weighted by atomic mass is 79.9. The van der Waals surface area contributed by atoms with Crippen molar-refractivity contribution in [2.75, 3.05) is 19.8 Å². The second-order valence-electron chi connectivity index (χ2n) is 4.97. The lowest BCUT2D eigenvalue weighted by atomic mass is 9.79. The Morgan fingerprint density at radius 3 is 2.53 bits per heavy atom. The quantitative estimate of drug-likeness (QED) is 0.412. The molecule has 0 atom stereocenters. The van der Waals surface area contributed by atoms with E-state index in [9.17, 15) is 0 Å². The molecular formula is C14H17Br3O2. The van der Waals surface area contributed by atoms with Crippen molar-refractivity contribution in [3.05, 3.63) is 25.6 Å². The van der Waals surface area contributed by atoms with E-state index in [-0.39, 0.29) is 0 Å². The summed E-state index contributed by atoms with van der Waals surface area (Å²) >= 11 is 10.5. The lowest BCUT2D eigenvalue weighted by molar-refractivity contribution is -0.120. The van der Waals surface area contributed by atoms with Crippen LogP contribution in [0.15, 0.2) is 25.6 Å². The Labute approximate surface area is 139 Å². The van der Waals surface area contributed by atoms with Crippen LogP contribution >= 0.6 is 47.8 Å². The Balaban J connectivity index is 1.81. The number of hydrogen-bond donors (Lipinski definition) is 0. The van der Waals surface area contributed by atoms with Crippen molar-refractivity contribution in [1.29, 1.82) is 0 Å². The number of benzene rings is 1. The number of halogens is 3. The van der Waals surface area contributed by atoms with Crippen molar-refractivity contribution in [3.63, 3.8) is 0 Å². The summed E-state index contributed by atoms with van der Waals surface area (Å²) in [5.41, 5.74) is 0.418. The minimum atomic E-state index is 0.418. The first-order valence-electron chi connectivity index (χ1n) is 6.42. The van der Waals surface area contributed by atoms with Crippen LogP contribution in [-0.4, -0.2) is 19.8 Å². The minimum Gasteiger partial charge on any atom is -0.492 e.